The molecule has 1 fully saturated rings. The zero-order chi connectivity index (χ0) is 12.8. The van der Waals surface area contributed by atoms with E-state index < -0.39 is 0 Å². The topological polar surface area (TPSA) is 68.3 Å². The predicted octanol–water partition coefficient (Wildman–Crippen LogP) is 1.85. The molecule has 0 spiro atoms. The lowest BCUT2D eigenvalue weighted by molar-refractivity contribution is -0.121. The Labute approximate surface area is 108 Å². The molecule has 3 N–H and O–H groups in total. The fraction of sp³-hybridized carbons (Fsp3) is 0.643. The monoisotopic (exact) mass is 250 g/mol. The van der Waals surface area contributed by atoms with Crippen molar-refractivity contribution >= 4 is 5.91 Å². The first-order chi connectivity index (χ1) is 8.74. The van der Waals surface area contributed by atoms with Crippen LogP contribution in [-0.4, -0.2) is 18.5 Å². The maximum Gasteiger partial charge on any atom is 0.220 e. The number of carbonyl (C=O) groups excluding carboxylic acids is 1. The number of nitrogens with one attached hydrogen (secondary N) is 1. The Hall–Kier alpha value is -1.29. The smallest absolute Gasteiger partial charge is 0.220 e. The molecule has 18 heavy (non-hydrogen) atoms. The second-order valence-electron chi connectivity index (χ2n) is 5.16. The summed E-state index contributed by atoms with van der Waals surface area (Å²) in [4.78, 5) is 11.7. The van der Waals surface area contributed by atoms with Crippen molar-refractivity contribution in [3.63, 3.8) is 0 Å². The Kier molecular flexibility index (Phi) is 4.81. The third-order valence-corrected chi connectivity index (χ3v) is 3.66. The highest BCUT2D eigenvalue weighted by atomic mass is 16.3. The molecule has 0 aliphatic heterocycles. The van der Waals surface area contributed by atoms with Gasteiger partial charge in [0.15, 0.2) is 0 Å². The summed E-state index contributed by atoms with van der Waals surface area (Å²) in [5.41, 5.74) is 5.86. The summed E-state index contributed by atoms with van der Waals surface area (Å²) in [7, 11) is 0. The highest BCUT2D eigenvalue weighted by molar-refractivity contribution is 5.76. The summed E-state index contributed by atoms with van der Waals surface area (Å²) in [6, 6.07) is 4.12. The van der Waals surface area contributed by atoms with Crippen molar-refractivity contribution < 1.29 is 9.21 Å². The molecule has 1 aliphatic rings. The van der Waals surface area contributed by atoms with Gasteiger partial charge in [0.1, 0.15) is 5.76 Å². The van der Waals surface area contributed by atoms with E-state index in [1.165, 1.54) is 0 Å². The van der Waals surface area contributed by atoms with Gasteiger partial charge in [-0.25, -0.2) is 0 Å². The lowest BCUT2D eigenvalue weighted by atomic mass is 9.86. The van der Waals surface area contributed by atoms with E-state index in [1.807, 2.05) is 12.1 Å². The molecule has 0 radical (unpaired) electrons. The molecule has 2 rings (SSSR count). The van der Waals surface area contributed by atoms with E-state index in [0.29, 0.717) is 24.8 Å². The van der Waals surface area contributed by atoms with Gasteiger partial charge in [-0.1, -0.05) is 0 Å². The number of furan rings is 1. The van der Waals surface area contributed by atoms with Crippen LogP contribution in [-0.2, 0) is 11.2 Å². The van der Waals surface area contributed by atoms with E-state index in [4.69, 9.17) is 10.2 Å². The standard InChI is InChI=1S/C14H22N2O2/c15-12-5-3-11(4-6-12)10-16-14(17)8-7-13-2-1-9-18-13/h1-2,9,11-12H,3-8,10,15H2,(H,16,17). The van der Waals surface area contributed by atoms with Gasteiger partial charge in [0.05, 0.1) is 6.26 Å². The summed E-state index contributed by atoms with van der Waals surface area (Å²) in [5.74, 6) is 1.59. The summed E-state index contributed by atoms with van der Waals surface area (Å²) < 4.78 is 5.20. The van der Waals surface area contributed by atoms with E-state index in [9.17, 15) is 4.79 Å². The first-order valence-electron chi connectivity index (χ1n) is 6.78. The van der Waals surface area contributed by atoms with Crippen molar-refractivity contribution in [3.05, 3.63) is 24.2 Å². The molecule has 1 heterocycles. The minimum atomic E-state index is 0.112. The number of nitrogens with two attached hydrogens (primary N) is 1. The Bertz CT molecular complexity index is 354. The molecule has 1 aliphatic carbocycles. The second-order valence-corrected chi connectivity index (χ2v) is 5.16. The molecule has 0 unspecified atom stereocenters. The predicted molar refractivity (Wildman–Crippen MR) is 70.0 cm³/mol. The van der Waals surface area contributed by atoms with Gasteiger partial charge in [-0.2, -0.15) is 0 Å². The average molecular weight is 250 g/mol. The van der Waals surface area contributed by atoms with Crippen LogP contribution in [0.25, 0.3) is 0 Å². The highest BCUT2D eigenvalue weighted by Crippen LogP contribution is 2.22. The molecule has 0 atom stereocenters. The van der Waals surface area contributed by atoms with Crippen LogP contribution in [0.5, 0.6) is 0 Å². The van der Waals surface area contributed by atoms with Gasteiger partial charge in [-0.05, 0) is 43.7 Å². The van der Waals surface area contributed by atoms with Crippen molar-refractivity contribution in [1.29, 1.82) is 0 Å². The Balaban J connectivity index is 1.60. The fourth-order valence-corrected chi connectivity index (χ4v) is 2.43. The number of hydrogen-bond donors (Lipinski definition) is 2. The zero-order valence-corrected chi connectivity index (χ0v) is 10.7. The van der Waals surface area contributed by atoms with Crippen LogP contribution in [0, 0.1) is 5.92 Å². The lowest BCUT2D eigenvalue weighted by Crippen LogP contribution is -2.34. The van der Waals surface area contributed by atoms with Crippen molar-refractivity contribution in [2.24, 2.45) is 11.7 Å². The van der Waals surface area contributed by atoms with Crippen molar-refractivity contribution in [2.45, 2.75) is 44.6 Å². The second kappa shape index (κ2) is 6.59. The van der Waals surface area contributed by atoms with Gasteiger partial charge < -0.3 is 15.5 Å². The first kappa shape index (κ1) is 13.1. The first-order valence-corrected chi connectivity index (χ1v) is 6.78. The molecular weight excluding hydrogens is 228 g/mol. The van der Waals surface area contributed by atoms with E-state index in [2.05, 4.69) is 5.32 Å². The number of amides is 1. The van der Waals surface area contributed by atoms with Crippen LogP contribution in [0.1, 0.15) is 37.9 Å². The summed E-state index contributed by atoms with van der Waals surface area (Å²) in [5, 5.41) is 3.01. The molecule has 0 aromatic carbocycles. The van der Waals surface area contributed by atoms with Crippen LogP contribution in [0.2, 0.25) is 0 Å². The molecule has 4 heteroatoms. The van der Waals surface area contributed by atoms with Crippen molar-refractivity contribution in [2.75, 3.05) is 6.54 Å². The summed E-state index contributed by atoms with van der Waals surface area (Å²) >= 11 is 0. The van der Waals surface area contributed by atoms with E-state index in [-0.39, 0.29) is 5.91 Å². The Morgan fingerprint density at radius 1 is 1.39 bits per heavy atom. The third-order valence-electron chi connectivity index (χ3n) is 3.66. The molecule has 1 aromatic rings. The quantitative estimate of drug-likeness (QED) is 0.838. The normalized spacial score (nSPS) is 23.8. The molecule has 1 amide bonds. The van der Waals surface area contributed by atoms with Gasteiger partial charge >= 0.3 is 0 Å². The van der Waals surface area contributed by atoms with Crippen molar-refractivity contribution in [3.8, 4) is 0 Å². The SMILES string of the molecule is NC1CCC(CNC(=O)CCc2ccco2)CC1. The van der Waals surface area contributed by atoms with E-state index in [1.54, 1.807) is 6.26 Å². The zero-order valence-electron chi connectivity index (χ0n) is 10.7. The molecule has 1 saturated carbocycles. The fourth-order valence-electron chi connectivity index (χ4n) is 2.43. The van der Waals surface area contributed by atoms with Gasteiger partial charge in [0, 0.05) is 25.4 Å². The number of rotatable bonds is 5. The number of aryl methyl sites for hydroxylation is 1. The highest BCUT2D eigenvalue weighted by Gasteiger charge is 2.18. The van der Waals surface area contributed by atoms with Gasteiger partial charge in [0.25, 0.3) is 0 Å². The van der Waals surface area contributed by atoms with Crippen LogP contribution >= 0.6 is 0 Å². The van der Waals surface area contributed by atoms with Crippen molar-refractivity contribution in [1.82, 2.24) is 5.32 Å². The van der Waals surface area contributed by atoms with E-state index in [0.717, 1.165) is 38.0 Å². The van der Waals surface area contributed by atoms with Gasteiger partial charge in [-0.3, -0.25) is 4.79 Å². The number of carbonyl (C=O) groups is 1. The van der Waals surface area contributed by atoms with Crippen LogP contribution < -0.4 is 11.1 Å². The maximum absolute atomic E-state index is 11.7. The van der Waals surface area contributed by atoms with Crippen LogP contribution in [0.15, 0.2) is 22.8 Å². The van der Waals surface area contributed by atoms with E-state index >= 15 is 0 Å². The maximum atomic E-state index is 11.7. The third kappa shape index (κ3) is 4.18. The minimum Gasteiger partial charge on any atom is -0.469 e. The minimum absolute atomic E-state index is 0.112. The van der Waals surface area contributed by atoms with Gasteiger partial charge in [-0.15, -0.1) is 0 Å². The molecule has 4 nitrogen and oxygen atoms in total. The average Bonchev–Trinajstić information content (AvgIpc) is 2.89. The summed E-state index contributed by atoms with van der Waals surface area (Å²) in [6.07, 6.45) is 7.27. The number of hydrogen-bond acceptors (Lipinski definition) is 3. The lowest BCUT2D eigenvalue weighted by Gasteiger charge is -2.26. The van der Waals surface area contributed by atoms with Gasteiger partial charge in [0.2, 0.25) is 5.91 Å². The largest absolute Gasteiger partial charge is 0.469 e. The molecule has 100 valence electrons. The summed E-state index contributed by atoms with van der Waals surface area (Å²) in [6.45, 7) is 0.795. The molecule has 1 aromatic heterocycles. The van der Waals surface area contributed by atoms with Crippen LogP contribution in [0.3, 0.4) is 0 Å². The molecule has 0 saturated heterocycles. The van der Waals surface area contributed by atoms with Crippen LogP contribution in [0.4, 0.5) is 0 Å². The molecular formula is C14H22N2O2. The Morgan fingerprint density at radius 3 is 2.83 bits per heavy atom. The molecule has 0 bridgehead atoms. The Morgan fingerprint density at radius 2 is 2.17 bits per heavy atom.